The predicted octanol–water partition coefficient (Wildman–Crippen LogP) is 0.849. The highest BCUT2D eigenvalue weighted by atomic mass is 32.2. The summed E-state index contributed by atoms with van der Waals surface area (Å²) in [5.74, 6) is 0.951. The van der Waals surface area contributed by atoms with Crippen LogP contribution in [0.1, 0.15) is 39.5 Å². The highest BCUT2D eigenvalue weighted by Crippen LogP contribution is 2.15. The van der Waals surface area contributed by atoms with Crippen LogP contribution in [0.3, 0.4) is 0 Å². The number of likely N-dealkylation sites (tertiary alicyclic amines) is 1. The van der Waals surface area contributed by atoms with Gasteiger partial charge in [-0.3, -0.25) is 9.89 Å². The average Bonchev–Trinajstić information content (AvgIpc) is 2.49. The van der Waals surface area contributed by atoms with Crippen LogP contribution in [0, 0.1) is 0 Å². The fraction of sp³-hybridized carbons (Fsp3) is 0.933. The van der Waals surface area contributed by atoms with Gasteiger partial charge in [-0.1, -0.05) is 13.3 Å². The van der Waals surface area contributed by atoms with Gasteiger partial charge in [0.15, 0.2) is 5.96 Å². The molecular formula is C15H32N4O2S. The molecule has 2 unspecified atom stereocenters. The predicted molar refractivity (Wildman–Crippen MR) is 93.2 cm³/mol. The molecule has 22 heavy (non-hydrogen) atoms. The zero-order valence-corrected chi connectivity index (χ0v) is 15.2. The summed E-state index contributed by atoms with van der Waals surface area (Å²) in [5, 5.41) is 6.65. The Morgan fingerprint density at radius 3 is 2.73 bits per heavy atom. The maximum Gasteiger partial charge on any atom is 0.191 e. The molecule has 1 rings (SSSR count). The van der Waals surface area contributed by atoms with E-state index in [1.807, 2.05) is 6.92 Å². The lowest BCUT2D eigenvalue weighted by atomic mass is 10.0. The van der Waals surface area contributed by atoms with Gasteiger partial charge in [0.2, 0.25) is 0 Å². The second-order valence-electron chi connectivity index (χ2n) is 6.20. The molecule has 6 nitrogen and oxygen atoms in total. The van der Waals surface area contributed by atoms with E-state index in [9.17, 15) is 8.42 Å². The largest absolute Gasteiger partial charge is 0.355 e. The lowest BCUT2D eigenvalue weighted by Gasteiger charge is -2.35. The van der Waals surface area contributed by atoms with Gasteiger partial charge in [0.25, 0.3) is 0 Å². The molecule has 1 aliphatic rings. The maximum atomic E-state index is 11.2. The van der Waals surface area contributed by atoms with Crippen molar-refractivity contribution < 1.29 is 8.42 Å². The third-order valence-electron chi connectivity index (χ3n) is 4.19. The van der Waals surface area contributed by atoms with Gasteiger partial charge in [-0.25, -0.2) is 8.42 Å². The van der Waals surface area contributed by atoms with Gasteiger partial charge in [-0.2, -0.15) is 0 Å². The van der Waals surface area contributed by atoms with Crippen LogP contribution in [0.5, 0.6) is 0 Å². The van der Waals surface area contributed by atoms with Crippen molar-refractivity contribution >= 4 is 15.8 Å². The van der Waals surface area contributed by atoms with E-state index < -0.39 is 9.84 Å². The Balaban J connectivity index is 2.38. The minimum Gasteiger partial charge on any atom is -0.355 e. The van der Waals surface area contributed by atoms with E-state index in [0.29, 0.717) is 12.5 Å². The molecule has 1 fully saturated rings. The lowest BCUT2D eigenvalue weighted by Crippen LogP contribution is -2.50. The molecule has 0 aromatic heterocycles. The number of hydrogen-bond acceptors (Lipinski definition) is 4. The van der Waals surface area contributed by atoms with Crippen LogP contribution < -0.4 is 10.6 Å². The molecule has 0 bridgehead atoms. The molecule has 0 aromatic carbocycles. The second-order valence-corrected chi connectivity index (χ2v) is 8.45. The first-order chi connectivity index (χ1) is 10.4. The number of rotatable bonds is 7. The molecule has 130 valence electrons. The number of likely N-dealkylation sites (N-methyl/N-ethyl adjacent to an activating group) is 1. The smallest absolute Gasteiger partial charge is 0.191 e. The summed E-state index contributed by atoms with van der Waals surface area (Å²) >= 11 is 0. The van der Waals surface area contributed by atoms with E-state index in [2.05, 4.69) is 27.4 Å². The second kappa shape index (κ2) is 9.35. The van der Waals surface area contributed by atoms with Gasteiger partial charge in [-0.15, -0.1) is 0 Å². The van der Waals surface area contributed by atoms with Crippen molar-refractivity contribution in [2.75, 3.05) is 38.7 Å². The van der Waals surface area contributed by atoms with E-state index >= 15 is 0 Å². The monoisotopic (exact) mass is 332 g/mol. The average molecular weight is 333 g/mol. The highest BCUT2D eigenvalue weighted by molar-refractivity contribution is 7.90. The summed E-state index contributed by atoms with van der Waals surface area (Å²) in [5.41, 5.74) is 0. The molecule has 0 saturated carbocycles. The molecule has 7 heteroatoms. The minimum atomic E-state index is -2.91. The molecule has 0 radical (unpaired) electrons. The molecule has 0 amide bonds. The van der Waals surface area contributed by atoms with Gasteiger partial charge in [0.05, 0.1) is 5.75 Å². The van der Waals surface area contributed by atoms with Crippen molar-refractivity contribution in [3.05, 3.63) is 0 Å². The molecule has 1 aliphatic heterocycles. The van der Waals surface area contributed by atoms with Gasteiger partial charge < -0.3 is 10.6 Å². The van der Waals surface area contributed by atoms with Crippen molar-refractivity contribution in [1.82, 2.24) is 15.5 Å². The number of nitrogens with zero attached hydrogens (tertiary/aromatic N) is 2. The third-order valence-corrected chi connectivity index (χ3v) is 5.17. The third kappa shape index (κ3) is 7.45. The fourth-order valence-electron chi connectivity index (χ4n) is 2.81. The lowest BCUT2D eigenvalue weighted by molar-refractivity contribution is 0.157. The van der Waals surface area contributed by atoms with Crippen molar-refractivity contribution in [1.29, 1.82) is 0 Å². The van der Waals surface area contributed by atoms with E-state index in [1.54, 1.807) is 7.05 Å². The normalized spacial score (nSPS) is 22.4. The van der Waals surface area contributed by atoms with Gasteiger partial charge in [-0.05, 0) is 39.3 Å². The van der Waals surface area contributed by atoms with Crippen LogP contribution in [0.2, 0.25) is 0 Å². The summed E-state index contributed by atoms with van der Waals surface area (Å²) in [4.78, 5) is 6.74. The van der Waals surface area contributed by atoms with Crippen molar-refractivity contribution in [3.8, 4) is 0 Å². The Bertz CT molecular complexity index is 450. The Kier molecular flexibility index (Phi) is 8.17. The van der Waals surface area contributed by atoms with Crippen molar-refractivity contribution in [3.63, 3.8) is 0 Å². The zero-order chi connectivity index (χ0) is 16.6. The van der Waals surface area contributed by atoms with Crippen LogP contribution in [0.15, 0.2) is 4.99 Å². The first kappa shape index (κ1) is 19.2. The topological polar surface area (TPSA) is 73.8 Å². The van der Waals surface area contributed by atoms with E-state index in [0.717, 1.165) is 19.0 Å². The number of nitrogens with one attached hydrogen (secondary N) is 2. The fourth-order valence-corrected chi connectivity index (χ4v) is 3.59. The Labute approximate surface area is 135 Å². The number of piperidine rings is 1. The van der Waals surface area contributed by atoms with Crippen LogP contribution >= 0.6 is 0 Å². The van der Waals surface area contributed by atoms with Gasteiger partial charge in [0, 0.05) is 31.9 Å². The molecule has 1 heterocycles. The van der Waals surface area contributed by atoms with Gasteiger partial charge in [0.1, 0.15) is 9.84 Å². The first-order valence-corrected chi connectivity index (χ1v) is 10.3. The van der Waals surface area contributed by atoms with Crippen LogP contribution in [-0.2, 0) is 9.84 Å². The first-order valence-electron chi connectivity index (χ1n) is 8.24. The Morgan fingerprint density at radius 2 is 2.14 bits per heavy atom. The summed E-state index contributed by atoms with van der Waals surface area (Å²) in [6, 6.07) is 0.637. The highest BCUT2D eigenvalue weighted by Gasteiger charge is 2.21. The minimum absolute atomic E-state index is 0.0783. The van der Waals surface area contributed by atoms with Crippen LogP contribution in [0.4, 0.5) is 0 Å². The molecule has 2 N–H and O–H groups in total. The van der Waals surface area contributed by atoms with E-state index in [1.165, 1.54) is 32.1 Å². The van der Waals surface area contributed by atoms with E-state index in [4.69, 9.17) is 0 Å². The van der Waals surface area contributed by atoms with E-state index in [-0.39, 0.29) is 11.8 Å². The summed E-state index contributed by atoms with van der Waals surface area (Å²) in [6.45, 7) is 7.34. The summed E-state index contributed by atoms with van der Waals surface area (Å²) in [7, 11) is -1.16. The summed E-state index contributed by atoms with van der Waals surface area (Å²) in [6.07, 6.45) is 5.67. The number of sulfone groups is 1. The molecule has 1 saturated heterocycles. The molecule has 0 aliphatic carbocycles. The molecule has 0 aromatic rings. The molecule has 2 atom stereocenters. The zero-order valence-electron chi connectivity index (χ0n) is 14.4. The summed E-state index contributed by atoms with van der Waals surface area (Å²) < 4.78 is 22.4. The van der Waals surface area contributed by atoms with Crippen LogP contribution in [0.25, 0.3) is 0 Å². The van der Waals surface area contributed by atoms with Crippen molar-refractivity contribution in [2.24, 2.45) is 4.99 Å². The van der Waals surface area contributed by atoms with Crippen molar-refractivity contribution in [2.45, 2.75) is 51.6 Å². The van der Waals surface area contributed by atoms with Gasteiger partial charge >= 0.3 is 0 Å². The SMILES string of the molecule is CCN1CCCCC1CNC(=NC)NC(C)CCS(C)(=O)=O. The number of aliphatic imine (C=N–C) groups is 1. The van der Waals surface area contributed by atoms with Crippen LogP contribution in [-0.4, -0.2) is 70.1 Å². The maximum absolute atomic E-state index is 11.2. The Hall–Kier alpha value is -0.820. The number of guanidine groups is 1. The Morgan fingerprint density at radius 1 is 1.41 bits per heavy atom. The molecular weight excluding hydrogens is 300 g/mol. The molecule has 0 spiro atoms. The standard InChI is InChI=1S/C15H32N4O2S/c1-5-19-10-7-6-8-14(19)12-17-15(16-3)18-13(2)9-11-22(4,20)21/h13-14H,5-12H2,1-4H3,(H2,16,17,18). The quantitative estimate of drug-likeness (QED) is 0.534. The number of hydrogen-bond donors (Lipinski definition) is 2.